The molecule has 1 heterocycles. The lowest BCUT2D eigenvalue weighted by Crippen LogP contribution is -2.51. The molecule has 1 rings (SSSR count). The number of rotatable bonds is 1. The number of hydrogen-bond donors (Lipinski definition) is 0. The minimum absolute atomic E-state index is 0.605. The Kier molecular flexibility index (Phi) is 2.82. The second-order valence-corrected chi connectivity index (χ2v) is 2.68. The molecule has 0 aliphatic heterocycles. The van der Waals surface area contributed by atoms with Gasteiger partial charge in [-0.05, 0) is 6.07 Å². The van der Waals surface area contributed by atoms with E-state index in [1.165, 1.54) is 6.07 Å². The van der Waals surface area contributed by atoms with E-state index in [0.29, 0.717) is 6.07 Å². The van der Waals surface area contributed by atoms with Crippen molar-refractivity contribution in [1.82, 2.24) is 10.2 Å². The van der Waals surface area contributed by atoms with Crippen LogP contribution in [0.4, 0.5) is 30.7 Å². The first-order valence-corrected chi connectivity index (χ1v) is 3.63. The monoisotopic (exact) mass is 247 g/mol. The normalized spacial score (nSPS) is 13.9. The van der Waals surface area contributed by atoms with Crippen molar-refractivity contribution in [2.75, 3.05) is 0 Å². The second-order valence-electron chi connectivity index (χ2n) is 2.68. The second kappa shape index (κ2) is 3.56. The van der Waals surface area contributed by atoms with Crippen molar-refractivity contribution < 1.29 is 30.7 Å². The minimum Gasteiger partial charge on any atom is -0.216 e. The zero-order valence-corrected chi connectivity index (χ0v) is 7.19. The van der Waals surface area contributed by atoms with Gasteiger partial charge >= 0.3 is 18.0 Å². The maximum absolute atomic E-state index is 13.2. The summed E-state index contributed by atoms with van der Waals surface area (Å²) in [5.74, 6) is 0. The predicted octanol–water partition coefficient (Wildman–Crippen LogP) is 2.57. The van der Waals surface area contributed by atoms with Crippen LogP contribution in [0.5, 0.6) is 0 Å². The fraction of sp³-hybridized carbons (Fsp3) is 0.429. The molecule has 0 aromatic carbocycles. The maximum atomic E-state index is 13.2. The predicted molar refractivity (Wildman–Crippen MR) is 35.8 cm³/mol. The first-order chi connectivity index (χ1) is 7.11. The molecule has 0 saturated heterocycles. The van der Waals surface area contributed by atoms with Crippen molar-refractivity contribution in [3.63, 3.8) is 0 Å². The molecular weight excluding hydrogens is 245 g/mol. The Morgan fingerprint density at radius 2 is 1.44 bits per heavy atom. The number of halogens is 7. The van der Waals surface area contributed by atoms with Crippen LogP contribution in [0.1, 0.15) is 5.69 Å². The Balaban J connectivity index is 3.39. The molecule has 2 nitrogen and oxygen atoms in total. The highest BCUT2D eigenvalue weighted by Gasteiger charge is 2.74. The molecule has 1 aromatic heterocycles. The van der Waals surface area contributed by atoms with Gasteiger partial charge in [0.1, 0.15) is 5.69 Å². The molecule has 0 bridgehead atoms. The van der Waals surface area contributed by atoms with Gasteiger partial charge in [0.05, 0.1) is 6.20 Å². The maximum Gasteiger partial charge on any atom is 0.437 e. The minimum atomic E-state index is -6.18. The number of nitrogens with zero attached hydrogens (tertiary/aromatic N) is 2. The van der Waals surface area contributed by atoms with Crippen molar-refractivity contribution in [3.8, 4) is 0 Å². The zero-order valence-electron chi connectivity index (χ0n) is 7.19. The molecule has 1 radical (unpaired) electrons. The van der Waals surface area contributed by atoms with Gasteiger partial charge in [-0.25, -0.2) is 4.39 Å². The standard InChI is InChI=1S/C7H2F7N2/c8-5(6(9,10)11,7(12,13)14)4-2-1-3-15-16-4/h1,3H. The van der Waals surface area contributed by atoms with Gasteiger partial charge < -0.3 is 0 Å². The average molecular weight is 247 g/mol. The molecule has 1 aromatic rings. The number of hydrogen-bond acceptors (Lipinski definition) is 2. The highest BCUT2D eigenvalue weighted by molar-refractivity contribution is 5.15. The Hall–Kier alpha value is -1.41. The van der Waals surface area contributed by atoms with Crippen LogP contribution < -0.4 is 0 Å². The van der Waals surface area contributed by atoms with Gasteiger partial charge in [0.2, 0.25) is 0 Å². The van der Waals surface area contributed by atoms with E-state index in [-0.39, 0.29) is 0 Å². The van der Waals surface area contributed by atoms with Crippen molar-refractivity contribution in [2.24, 2.45) is 0 Å². The van der Waals surface area contributed by atoms with E-state index in [2.05, 4.69) is 10.2 Å². The molecule has 0 saturated carbocycles. The van der Waals surface area contributed by atoms with Crippen molar-refractivity contribution in [1.29, 1.82) is 0 Å². The Morgan fingerprint density at radius 3 is 1.75 bits per heavy atom. The molecular formula is C7H2F7N2. The first-order valence-electron chi connectivity index (χ1n) is 3.63. The topological polar surface area (TPSA) is 25.8 Å². The highest BCUT2D eigenvalue weighted by atomic mass is 19.4. The lowest BCUT2D eigenvalue weighted by Gasteiger charge is -2.28. The van der Waals surface area contributed by atoms with E-state index in [1.807, 2.05) is 0 Å². The third kappa shape index (κ3) is 1.81. The fourth-order valence-corrected chi connectivity index (χ4v) is 0.867. The molecule has 0 spiro atoms. The van der Waals surface area contributed by atoms with Crippen LogP contribution in [0, 0.1) is 6.07 Å². The zero-order chi connectivity index (χ0) is 12.6. The largest absolute Gasteiger partial charge is 0.437 e. The van der Waals surface area contributed by atoms with Crippen LogP contribution in [0.25, 0.3) is 0 Å². The van der Waals surface area contributed by atoms with Crippen molar-refractivity contribution in [2.45, 2.75) is 18.0 Å². The van der Waals surface area contributed by atoms with Crippen LogP contribution >= 0.6 is 0 Å². The molecule has 0 unspecified atom stereocenters. The molecule has 0 aliphatic carbocycles. The molecule has 0 aliphatic rings. The van der Waals surface area contributed by atoms with Gasteiger partial charge in [-0.1, -0.05) is 0 Å². The summed E-state index contributed by atoms with van der Waals surface area (Å²) in [6.07, 6.45) is -11.6. The molecule has 9 heteroatoms. The van der Waals surface area contributed by atoms with Crippen molar-refractivity contribution >= 4 is 0 Å². The summed E-state index contributed by atoms with van der Waals surface area (Å²) in [5, 5.41) is 5.22. The van der Waals surface area contributed by atoms with E-state index in [0.717, 1.165) is 6.20 Å². The summed E-state index contributed by atoms with van der Waals surface area (Å²) < 4.78 is 85.8. The van der Waals surface area contributed by atoms with E-state index in [9.17, 15) is 30.7 Å². The Morgan fingerprint density at radius 1 is 0.938 bits per heavy atom. The number of alkyl halides is 7. The molecule has 89 valence electrons. The first kappa shape index (κ1) is 12.7. The fourth-order valence-electron chi connectivity index (χ4n) is 0.867. The summed E-state index contributed by atoms with van der Waals surface area (Å²) in [6.45, 7) is 0. The molecule has 0 atom stereocenters. The van der Waals surface area contributed by atoms with E-state index < -0.39 is 23.7 Å². The smallest absolute Gasteiger partial charge is 0.216 e. The van der Waals surface area contributed by atoms with Crippen LogP contribution in [-0.4, -0.2) is 22.5 Å². The molecule has 16 heavy (non-hydrogen) atoms. The number of aromatic nitrogens is 2. The van der Waals surface area contributed by atoms with Gasteiger partial charge in [0, 0.05) is 6.07 Å². The van der Waals surface area contributed by atoms with Crippen LogP contribution in [0.15, 0.2) is 12.3 Å². The van der Waals surface area contributed by atoms with Gasteiger partial charge in [0.25, 0.3) is 0 Å². The SMILES string of the molecule is FC(F)(F)C(F)(c1[c]ccnn1)C(F)(F)F. The van der Waals surface area contributed by atoms with Crippen LogP contribution in [-0.2, 0) is 5.67 Å². The van der Waals surface area contributed by atoms with Crippen LogP contribution in [0.2, 0.25) is 0 Å². The summed E-state index contributed by atoms with van der Waals surface area (Å²) >= 11 is 0. The summed E-state index contributed by atoms with van der Waals surface area (Å²) in [5.41, 5.74) is -7.52. The summed E-state index contributed by atoms with van der Waals surface area (Å²) in [4.78, 5) is 0. The van der Waals surface area contributed by atoms with Crippen molar-refractivity contribution in [3.05, 3.63) is 24.0 Å². The Bertz CT molecular complexity index is 341. The third-order valence-corrected chi connectivity index (χ3v) is 1.63. The van der Waals surface area contributed by atoms with E-state index in [4.69, 9.17) is 0 Å². The lowest BCUT2D eigenvalue weighted by atomic mass is 10.0. The highest BCUT2D eigenvalue weighted by Crippen LogP contribution is 2.52. The summed E-state index contributed by atoms with van der Waals surface area (Å²) in [6, 6.07) is 2.04. The lowest BCUT2D eigenvalue weighted by molar-refractivity contribution is -0.350. The summed E-state index contributed by atoms with van der Waals surface area (Å²) in [7, 11) is 0. The van der Waals surface area contributed by atoms with Gasteiger partial charge in [0.15, 0.2) is 0 Å². The van der Waals surface area contributed by atoms with Gasteiger partial charge in [-0.3, -0.25) is 0 Å². The molecule has 0 fully saturated rings. The molecule has 0 amide bonds. The molecule has 0 N–H and O–H groups in total. The third-order valence-electron chi connectivity index (χ3n) is 1.63. The quantitative estimate of drug-likeness (QED) is 0.713. The van der Waals surface area contributed by atoms with E-state index in [1.54, 1.807) is 0 Å². The van der Waals surface area contributed by atoms with E-state index >= 15 is 0 Å². The van der Waals surface area contributed by atoms with Gasteiger partial charge in [-0.2, -0.15) is 36.5 Å². The Labute approximate surface area is 84.1 Å². The average Bonchev–Trinajstić information content (AvgIpc) is 2.14. The van der Waals surface area contributed by atoms with Crippen LogP contribution in [0.3, 0.4) is 0 Å². The van der Waals surface area contributed by atoms with Gasteiger partial charge in [-0.15, -0.1) is 0 Å².